The number of fused-ring (bicyclic) bond motifs is 1. The maximum Gasteiger partial charge on any atom is 0.224 e. The summed E-state index contributed by atoms with van der Waals surface area (Å²) in [7, 11) is 1.89. The number of benzene rings is 1. The van der Waals surface area contributed by atoms with E-state index in [0.29, 0.717) is 12.2 Å². The molecule has 0 aliphatic carbocycles. The largest absolute Gasteiger partial charge is 0.486 e. The SMILES string of the molecule is Cc1c(-c2cc(COc3ccc4c(c3)CCCC(=O)N4)on2)cnn1C. The molecule has 0 saturated carbocycles. The van der Waals surface area contributed by atoms with E-state index in [0.717, 1.165) is 46.8 Å². The first kappa shape index (κ1) is 16.4. The van der Waals surface area contributed by atoms with Gasteiger partial charge in [-0.1, -0.05) is 5.16 Å². The third-order valence-corrected chi connectivity index (χ3v) is 4.65. The predicted octanol–water partition coefficient (Wildman–Crippen LogP) is 3.24. The van der Waals surface area contributed by atoms with Crippen LogP contribution in [0.3, 0.4) is 0 Å². The number of anilines is 1. The molecule has 0 saturated heterocycles. The van der Waals surface area contributed by atoms with Crippen LogP contribution in [0.15, 0.2) is 35.0 Å². The van der Waals surface area contributed by atoms with Crippen molar-refractivity contribution in [2.45, 2.75) is 32.8 Å². The van der Waals surface area contributed by atoms with E-state index < -0.39 is 0 Å². The van der Waals surface area contributed by atoms with Crippen LogP contribution in [0.4, 0.5) is 5.69 Å². The Labute approximate surface area is 150 Å². The van der Waals surface area contributed by atoms with Crippen LogP contribution in [0.5, 0.6) is 5.75 Å². The van der Waals surface area contributed by atoms with Crippen LogP contribution >= 0.6 is 0 Å². The number of nitrogens with one attached hydrogen (secondary N) is 1. The number of aromatic nitrogens is 3. The molecule has 1 aromatic carbocycles. The average molecular weight is 352 g/mol. The molecule has 1 aliphatic rings. The van der Waals surface area contributed by atoms with Crippen LogP contribution in [0.1, 0.15) is 29.9 Å². The molecule has 0 spiro atoms. The van der Waals surface area contributed by atoms with E-state index in [4.69, 9.17) is 9.26 Å². The van der Waals surface area contributed by atoms with Gasteiger partial charge in [0, 0.05) is 36.5 Å². The molecule has 3 aromatic rings. The molecule has 1 aliphatic heterocycles. The Morgan fingerprint density at radius 1 is 1.31 bits per heavy atom. The Morgan fingerprint density at radius 3 is 3.00 bits per heavy atom. The fraction of sp³-hybridized carbons (Fsp3) is 0.316. The minimum absolute atomic E-state index is 0.0669. The minimum atomic E-state index is 0.0669. The molecule has 0 fully saturated rings. The van der Waals surface area contributed by atoms with E-state index in [9.17, 15) is 4.79 Å². The van der Waals surface area contributed by atoms with Crippen LogP contribution < -0.4 is 10.1 Å². The molecule has 26 heavy (non-hydrogen) atoms. The van der Waals surface area contributed by atoms with Crippen molar-refractivity contribution in [3.63, 3.8) is 0 Å². The number of carbonyl (C=O) groups is 1. The topological polar surface area (TPSA) is 82.2 Å². The van der Waals surface area contributed by atoms with E-state index in [2.05, 4.69) is 15.6 Å². The summed E-state index contributed by atoms with van der Waals surface area (Å²) in [5.41, 5.74) is 4.69. The van der Waals surface area contributed by atoms with Gasteiger partial charge in [0.25, 0.3) is 0 Å². The molecule has 1 amide bonds. The molecule has 0 unspecified atom stereocenters. The summed E-state index contributed by atoms with van der Waals surface area (Å²) in [5.74, 6) is 1.46. The second kappa shape index (κ2) is 6.67. The molecule has 7 nitrogen and oxygen atoms in total. The lowest BCUT2D eigenvalue weighted by atomic mass is 10.1. The lowest BCUT2D eigenvalue weighted by Gasteiger charge is -2.09. The number of hydrogen-bond acceptors (Lipinski definition) is 5. The maximum absolute atomic E-state index is 11.6. The summed E-state index contributed by atoms with van der Waals surface area (Å²) >= 11 is 0. The number of amides is 1. The smallest absolute Gasteiger partial charge is 0.224 e. The summed E-state index contributed by atoms with van der Waals surface area (Å²) < 4.78 is 13.0. The first-order valence-electron chi connectivity index (χ1n) is 8.60. The number of nitrogens with zero attached hydrogens (tertiary/aromatic N) is 3. The standard InChI is InChI=1S/C19H20N4O3/c1-12-16(10-20-23(12)2)18-9-15(26-22-18)11-25-14-6-7-17-13(8-14)4-3-5-19(24)21-17/h6-10H,3-5,11H2,1-2H3,(H,21,24). The summed E-state index contributed by atoms with van der Waals surface area (Å²) in [6.07, 6.45) is 4.04. The maximum atomic E-state index is 11.6. The predicted molar refractivity (Wildman–Crippen MR) is 95.8 cm³/mol. The highest BCUT2D eigenvalue weighted by atomic mass is 16.5. The van der Waals surface area contributed by atoms with Crippen LogP contribution in [0.2, 0.25) is 0 Å². The van der Waals surface area contributed by atoms with E-state index in [-0.39, 0.29) is 12.5 Å². The van der Waals surface area contributed by atoms with Crippen LogP contribution in [-0.2, 0) is 24.9 Å². The molecule has 4 rings (SSSR count). The van der Waals surface area contributed by atoms with Crippen molar-refractivity contribution in [3.05, 3.63) is 47.5 Å². The normalized spacial score (nSPS) is 13.8. The van der Waals surface area contributed by atoms with E-state index >= 15 is 0 Å². The molecular formula is C19H20N4O3. The van der Waals surface area contributed by atoms with E-state index in [1.165, 1.54) is 0 Å². The van der Waals surface area contributed by atoms with Gasteiger partial charge in [0.05, 0.1) is 6.20 Å². The molecular weight excluding hydrogens is 332 g/mol. The van der Waals surface area contributed by atoms with E-state index in [1.54, 1.807) is 10.9 Å². The molecule has 1 N–H and O–H groups in total. The molecule has 7 heteroatoms. The lowest BCUT2D eigenvalue weighted by molar-refractivity contribution is -0.116. The fourth-order valence-electron chi connectivity index (χ4n) is 3.05. The summed E-state index contributed by atoms with van der Waals surface area (Å²) in [5, 5.41) is 11.3. The average Bonchev–Trinajstić information content (AvgIpc) is 3.16. The highest BCUT2D eigenvalue weighted by Gasteiger charge is 2.15. The van der Waals surface area contributed by atoms with Crippen molar-refractivity contribution in [1.29, 1.82) is 0 Å². The number of ether oxygens (including phenoxy) is 1. The second-order valence-corrected chi connectivity index (χ2v) is 6.46. The monoisotopic (exact) mass is 352 g/mol. The number of carbonyl (C=O) groups excluding carboxylic acids is 1. The van der Waals surface area contributed by atoms with Gasteiger partial charge in [-0.05, 0) is 43.5 Å². The zero-order valence-corrected chi connectivity index (χ0v) is 14.8. The van der Waals surface area contributed by atoms with Crippen molar-refractivity contribution in [3.8, 4) is 17.0 Å². The Morgan fingerprint density at radius 2 is 2.19 bits per heavy atom. The van der Waals surface area contributed by atoms with Gasteiger partial charge >= 0.3 is 0 Å². The Hall–Kier alpha value is -3.09. The summed E-state index contributed by atoms with van der Waals surface area (Å²) in [6, 6.07) is 7.59. The van der Waals surface area contributed by atoms with Crippen LogP contribution in [0, 0.1) is 6.92 Å². The molecule has 0 radical (unpaired) electrons. The Balaban J connectivity index is 1.46. The van der Waals surface area contributed by atoms with Gasteiger partial charge < -0.3 is 14.6 Å². The minimum Gasteiger partial charge on any atom is -0.486 e. The number of aryl methyl sites for hydroxylation is 2. The van der Waals surface area contributed by atoms with Crippen LogP contribution in [-0.4, -0.2) is 20.8 Å². The zero-order valence-electron chi connectivity index (χ0n) is 14.8. The third-order valence-electron chi connectivity index (χ3n) is 4.65. The molecule has 3 heterocycles. The van der Waals surface area contributed by atoms with Gasteiger partial charge in [-0.15, -0.1) is 0 Å². The number of rotatable bonds is 4. The van der Waals surface area contributed by atoms with Crippen LogP contribution in [0.25, 0.3) is 11.3 Å². The summed E-state index contributed by atoms with van der Waals surface area (Å²) in [6.45, 7) is 2.28. The molecule has 0 atom stereocenters. The van der Waals surface area contributed by atoms with Crippen molar-refractivity contribution in [1.82, 2.24) is 14.9 Å². The summed E-state index contributed by atoms with van der Waals surface area (Å²) in [4.78, 5) is 11.6. The van der Waals surface area contributed by atoms with Gasteiger partial charge in [0.15, 0.2) is 5.76 Å². The quantitative estimate of drug-likeness (QED) is 0.779. The second-order valence-electron chi connectivity index (χ2n) is 6.46. The highest BCUT2D eigenvalue weighted by molar-refractivity contribution is 5.92. The third kappa shape index (κ3) is 3.20. The van der Waals surface area contributed by atoms with E-state index in [1.807, 2.05) is 38.2 Å². The first-order chi connectivity index (χ1) is 12.6. The Bertz CT molecular complexity index is 958. The Kier molecular flexibility index (Phi) is 4.20. The van der Waals surface area contributed by atoms with Crippen molar-refractivity contribution < 1.29 is 14.1 Å². The number of hydrogen-bond donors (Lipinski definition) is 1. The van der Waals surface area contributed by atoms with Gasteiger partial charge in [-0.3, -0.25) is 9.48 Å². The lowest BCUT2D eigenvalue weighted by Crippen LogP contribution is -2.09. The first-order valence-corrected chi connectivity index (χ1v) is 8.60. The van der Waals surface area contributed by atoms with Gasteiger partial charge in [-0.25, -0.2) is 0 Å². The van der Waals surface area contributed by atoms with Crippen molar-refractivity contribution in [2.24, 2.45) is 7.05 Å². The highest BCUT2D eigenvalue weighted by Crippen LogP contribution is 2.27. The molecule has 0 bridgehead atoms. The van der Waals surface area contributed by atoms with Gasteiger partial charge in [0.1, 0.15) is 18.1 Å². The van der Waals surface area contributed by atoms with Crippen molar-refractivity contribution >= 4 is 11.6 Å². The fourth-order valence-corrected chi connectivity index (χ4v) is 3.05. The zero-order chi connectivity index (χ0) is 18.1. The van der Waals surface area contributed by atoms with Gasteiger partial charge in [0.2, 0.25) is 5.91 Å². The van der Waals surface area contributed by atoms with Crippen molar-refractivity contribution in [2.75, 3.05) is 5.32 Å². The molecule has 2 aromatic heterocycles. The molecule has 134 valence electrons. The van der Waals surface area contributed by atoms with Gasteiger partial charge in [-0.2, -0.15) is 5.10 Å².